The zero-order valence-corrected chi connectivity index (χ0v) is 7.95. The molecule has 14 heavy (non-hydrogen) atoms. The summed E-state index contributed by atoms with van der Waals surface area (Å²) in [6.45, 7) is 0. The zero-order chi connectivity index (χ0) is 9.97. The number of anilines is 1. The van der Waals surface area contributed by atoms with Gasteiger partial charge < -0.3 is 5.32 Å². The van der Waals surface area contributed by atoms with Crippen LogP contribution in [0.1, 0.15) is 0 Å². The fourth-order valence-electron chi connectivity index (χ4n) is 1.27. The number of fused-ring (bicyclic) bond motifs is 1. The van der Waals surface area contributed by atoms with E-state index in [0.29, 0.717) is 11.6 Å². The Morgan fingerprint density at radius 3 is 2.93 bits per heavy atom. The molecule has 2 aromatic rings. The number of halogens is 1. The second-order valence-corrected chi connectivity index (χ2v) is 3.22. The van der Waals surface area contributed by atoms with E-state index >= 15 is 0 Å². The highest BCUT2D eigenvalue weighted by atomic mass is 35.5. The fraction of sp³-hybridized carbons (Fsp3) is 0. The van der Waals surface area contributed by atoms with Crippen LogP contribution in [0.25, 0.3) is 10.8 Å². The Morgan fingerprint density at radius 1 is 1.29 bits per heavy atom. The molecule has 1 aromatic heterocycles. The van der Waals surface area contributed by atoms with Gasteiger partial charge in [-0.15, -0.1) is 0 Å². The van der Waals surface area contributed by atoms with Crippen molar-refractivity contribution >= 4 is 34.5 Å². The number of carbonyl (C=O) groups excluding carboxylic acids is 1. The highest BCUT2D eigenvalue weighted by molar-refractivity contribution is 6.30. The monoisotopic (exact) mass is 206 g/mol. The summed E-state index contributed by atoms with van der Waals surface area (Å²) < 4.78 is 0. The lowest BCUT2D eigenvalue weighted by atomic mass is 10.1. The number of aromatic nitrogens is 1. The lowest BCUT2D eigenvalue weighted by Crippen LogP contribution is -1.92. The van der Waals surface area contributed by atoms with Gasteiger partial charge in [-0.05, 0) is 23.6 Å². The molecule has 0 atom stereocenters. The maximum Gasteiger partial charge on any atom is 0.211 e. The van der Waals surface area contributed by atoms with Crippen molar-refractivity contribution in [2.45, 2.75) is 0 Å². The Bertz CT molecular complexity index is 485. The van der Waals surface area contributed by atoms with Crippen molar-refractivity contribution < 1.29 is 4.79 Å². The van der Waals surface area contributed by atoms with Crippen molar-refractivity contribution in [3.05, 3.63) is 35.6 Å². The Labute approximate surface area is 85.7 Å². The molecule has 0 saturated heterocycles. The topological polar surface area (TPSA) is 42.0 Å². The van der Waals surface area contributed by atoms with Crippen LogP contribution >= 0.6 is 11.6 Å². The SMILES string of the molecule is O=CNc1ccc2cc(Cl)ncc2c1. The van der Waals surface area contributed by atoms with E-state index in [4.69, 9.17) is 11.6 Å². The van der Waals surface area contributed by atoms with Crippen LogP contribution in [0.2, 0.25) is 5.15 Å². The van der Waals surface area contributed by atoms with Crippen molar-refractivity contribution in [1.82, 2.24) is 4.98 Å². The third-order valence-electron chi connectivity index (χ3n) is 1.91. The number of nitrogens with one attached hydrogen (secondary N) is 1. The molecular formula is C10H7ClN2O. The smallest absolute Gasteiger partial charge is 0.211 e. The van der Waals surface area contributed by atoms with Gasteiger partial charge in [-0.3, -0.25) is 4.79 Å². The van der Waals surface area contributed by atoms with Gasteiger partial charge in [0.05, 0.1) is 0 Å². The van der Waals surface area contributed by atoms with Crippen LogP contribution in [-0.2, 0) is 4.79 Å². The van der Waals surface area contributed by atoms with E-state index in [0.717, 1.165) is 16.5 Å². The van der Waals surface area contributed by atoms with Crippen molar-refractivity contribution in [1.29, 1.82) is 0 Å². The normalized spacial score (nSPS) is 10.1. The second-order valence-electron chi connectivity index (χ2n) is 2.83. The van der Waals surface area contributed by atoms with Crippen LogP contribution in [0.4, 0.5) is 5.69 Å². The Hall–Kier alpha value is -1.61. The first-order chi connectivity index (χ1) is 6.79. The number of rotatable bonds is 2. The predicted octanol–water partition coefficient (Wildman–Crippen LogP) is 2.46. The number of benzene rings is 1. The van der Waals surface area contributed by atoms with Crippen LogP contribution in [0.5, 0.6) is 0 Å². The molecule has 70 valence electrons. The van der Waals surface area contributed by atoms with Gasteiger partial charge in [0.15, 0.2) is 0 Å². The van der Waals surface area contributed by atoms with Gasteiger partial charge in [0.25, 0.3) is 0 Å². The van der Waals surface area contributed by atoms with E-state index < -0.39 is 0 Å². The summed E-state index contributed by atoms with van der Waals surface area (Å²) in [6.07, 6.45) is 2.32. The molecule has 1 aromatic carbocycles. The first-order valence-corrected chi connectivity index (χ1v) is 4.43. The molecule has 0 bridgehead atoms. The van der Waals surface area contributed by atoms with E-state index in [1.54, 1.807) is 12.3 Å². The van der Waals surface area contributed by atoms with Gasteiger partial charge in [0, 0.05) is 17.3 Å². The van der Waals surface area contributed by atoms with E-state index in [9.17, 15) is 4.79 Å². The average Bonchev–Trinajstić information content (AvgIpc) is 2.19. The molecule has 1 heterocycles. The van der Waals surface area contributed by atoms with Gasteiger partial charge in [0.1, 0.15) is 5.15 Å². The van der Waals surface area contributed by atoms with Crippen LogP contribution < -0.4 is 5.32 Å². The van der Waals surface area contributed by atoms with Crippen molar-refractivity contribution in [3.8, 4) is 0 Å². The van der Waals surface area contributed by atoms with Crippen molar-refractivity contribution in [3.63, 3.8) is 0 Å². The Kier molecular flexibility index (Phi) is 2.33. The number of amides is 1. The van der Waals surface area contributed by atoms with E-state index in [1.807, 2.05) is 18.2 Å². The van der Waals surface area contributed by atoms with Gasteiger partial charge >= 0.3 is 0 Å². The summed E-state index contributed by atoms with van der Waals surface area (Å²) in [5, 5.41) is 4.99. The number of carbonyl (C=O) groups is 1. The highest BCUT2D eigenvalue weighted by Gasteiger charge is 1.97. The van der Waals surface area contributed by atoms with E-state index in [2.05, 4.69) is 10.3 Å². The first kappa shape index (κ1) is 8.97. The minimum atomic E-state index is 0.466. The molecule has 0 aliphatic carbocycles. The molecule has 0 fully saturated rings. The summed E-state index contributed by atoms with van der Waals surface area (Å²) >= 11 is 5.74. The van der Waals surface area contributed by atoms with Crippen LogP contribution in [0.3, 0.4) is 0 Å². The first-order valence-electron chi connectivity index (χ1n) is 4.05. The fourth-order valence-corrected chi connectivity index (χ4v) is 1.44. The molecule has 0 unspecified atom stereocenters. The minimum absolute atomic E-state index is 0.466. The standard InChI is InChI=1S/C10H7ClN2O/c11-10-4-7-1-2-9(13-6-14)3-8(7)5-12-10/h1-6H,(H,13,14). The average molecular weight is 207 g/mol. The Balaban J connectivity index is 2.55. The van der Waals surface area contributed by atoms with Crippen LogP contribution in [-0.4, -0.2) is 11.4 Å². The number of nitrogens with zero attached hydrogens (tertiary/aromatic N) is 1. The van der Waals surface area contributed by atoms with Gasteiger partial charge in [-0.25, -0.2) is 4.98 Å². The third-order valence-corrected chi connectivity index (χ3v) is 2.12. The molecular weight excluding hydrogens is 200 g/mol. The molecule has 0 spiro atoms. The summed E-state index contributed by atoms with van der Waals surface area (Å²) in [5.41, 5.74) is 0.747. The number of pyridine rings is 1. The van der Waals surface area contributed by atoms with Gasteiger partial charge in [0.2, 0.25) is 6.41 Å². The second kappa shape index (κ2) is 3.64. The minimum Gasteiger partial charge on any atom is -0.329 e. The molecule has 2 rings (SSSR count). The molecule has 1 amide bonds. The largest absolute Gasteiger partial charge is 0.329 e. The molecule has 0 saturated carbocycles. The molecule has 0 aliphatic rings. The van der Waals surface area contributed by atoms with Gasteiger partial charge in [-0.2, -0.15) is 0 Å². The van der Waals surface area contributed by atoms with Gasteiger partial charge in [-0.1, -0.05) is 17.7 Å². The maximum atomic E-state index is 10.2. The zero-order valence-electron chi connectivity index (χ0n) is 7.20. The molecule has 0 radical (unpaired) electrons. The molecule has 1 N–H and O–H groups in total. The van der Waals surface area contributed by atoms with Crippen molar-refractivity contribution in [2.24, 2.45) is 0 Å². The summed E-state index contributed by atoms with van der Waals surface area (Å²) in [6, 6.07) is 7.32. The number of hydrogen-bond donors (Lipinski definition) is 1. The molecule has 0 aliphatic heterocycles. The highest BCUT2D eigenvalue weighted by Crippen LogP contribution is 2.20. The van der Waals surface area contributed by atoms with E-state index in [-0.39, 0.29) is 0 Å². The third kappa shape index (κ3) is 1.67. The quantitative estimate of drug-likeness (QED) is 0.606. The number of hydrogen-bond acceptors (Lipinski definition) is 2. The van der Waals surface area contributed by atoms with Crippen molar-refractivity contribution in [2.75, 3.05) is 5.32 Å². The summed E-state index contributed by atoms with van der Waals surface area (Å²) in [5.74, 6) is 0. The Morgan fingerprint density at radius 2 is 2.14 bits per heavy atom. The summed E-state index contributed by atoms with van der Waals surface area (Å²) in [4.78, 5) is 14.2. The van der Waals surface area contributed by atoms with Crippen LogP contribution in [0.15, 0.2) is 30.5 Å². The molecule has 3 nitrogen and oxygen atoms in total. The van der Waals surface area contributed by atoms with Crippen LogP contribution in [0, 0.1) is 0 Å². The molecule has 4 heteroatoms. The predicted molar refractivity (Wildman–Crippen MR) is 56.4 cm³/mol. The van der Waals surface area contributed by atoms with E-state index in [1.165, 1.54) is 0 Å². The summed E-state index contributed by atoms with van der Waals surface area (Å²) in [7, 11) is 0. The lowest BCUT2D eigenvalue weighted by Gasteiger charge is -2.01. The lowest BCUT2D eigenvalue weighted by molar-refractivity contribution is -0.105. The maximum absolute atomic E-state index is 10.2.